The lowest BCUT2D eigenvalue weighted by molar-refractivity contribution is -0.119. The van der Waals surface area contributed by atoms with E-state index in [0.717, 1.165) is 0 Å². The highest BCUT2D eigenvalue weighted by Gasteiger charge is 2.31. The van der Waals surface area contributed by atoms with Crippen molar-refractivity contribution in [3.8, 4) is 0 Å². The van der Waals surface area contributed by atoms with Gasteiger partial charge in [0.25, 0.3) is 0 Å². The van der Waals surface area contributed by atoms with E-state index in [0.29, 0.717) is 25.3 Å². The van der Waals surface area contributed by atoms with Crippen LogP contribution >= 0.6 is 0 Å². The Morgan fingerprint density at radius 3 is 2.52 bits per heavy atom. The zero-order valence-corrected chi connectivity index (χ0v) is 12.8. The van der Waals surface area contributed by atoms with E-state index >= 15 is 0 Å². The van der Waals surface area contributed by atoms with Crippen LogP contribution in [0, 0.1) is 5.82 Å². The first-order valence-corrected chi connectivity index (χ1v) is 7.30. The van der Waals surface area contributed by atoms with Gasteiger partial charge in [-0.1, -0.05) is 0 Å². The molecule has 0 aliphatic carbocycles. The summed E-state index contributed by atoms with van der Waals surface area (Å²) in [6.07, 6.45) is 0.191. The van der Waals surface area contributed by atoms with Crippen molar-refractivity contribution in [3.63, 3.8) is 0 Å². The molecule has 1 atom stereocenters. The second kappa shape index (κ2) is 7.57. The Bertz CT molecular complexity index is 591. The van der Waals surface area contributed by atoms with Gasteiger partial charge in [0.1, 0.15) is 5.82 Å². The first kappa shape index (κ1) is 16.7. The molecule has 0 spiro atoms. The fourth-order valence-electron chi connectivity index (χ4n) is 2.33. The fraction of sp³-hybridized carbons (Fsp3) is 0.400. The molecule has 1 aliphatic rings. The molecule has 0 aromatic heterocycles. The highest BCUT2D eigenvalue weighted by atomic mass is 19.1. The molecule has 23 heavy (non-hydrogen) atoms. The maximum atomic E-state index is 12.9. The number of nitrogens with zero attached hydrogens (tertiary/aromatic N) is 1. The largest absolute Gasteiger partial charge is 0.355 e. The Balaban J connectivity index is 1.79. The maximum Gasteiger partial charge on any atom is 0.315 e. The Hall–Kier alpha value is -2.64. The van der Waals surface area contributed by atoms with Gasteiger partial charge in [0.05, 0.1) is 6.04 Å². The quantitative estimate of drug-likeness (QED) is 0.684. The number of hydrogen-bond donors (Lipinski definition) is 3. The van der Waals surface area contributed by atoms with E-state index in [2.05, 4.69) is 16.0 Å². The number of carbonyl (C=O) groups excluding carboxylic acids is 3. The summed E-state index contributed by atoms with van der Waals surface area (Å²) in [4.78, 5) is 35.9. The third kappa shape index (κ3) is 4.94. The van der Waals surface area contributed by atoms with E-state index in [-0.39, 0.29) is 30.1 Å². The van der Waals surface area contributed by atoms with Crippen LogP contribution in [0.4, 0.5) is 14.9 Å². The summed E-state index contributed by atoms with van der Waals surface area (Å²) in [6, 6.07) is 4.94. The van der Waals surface area contributed by atoms with Crippen LogP contribution in [0.2, 0.25) is 0 Å². The lowest BCUT2D eigenvalue weighted by atomic mass is 10.2. The van der Waals surface area contributed by atoms with Crippen molar-refractivity contribution >= 4 is 23.5 Å². The van der Waals surface area contributed by atoms with E-state index in [1.165, 1.54) is 36.1 Å². The molecule has 124 valence electrons. The average molecular weight is 322 g/mol. The molecule has 8 heteroatoms. The topological polar surface area (TPSA) is 90.5 Å². The molecule has 3 N–H and O–H groups in total. The van der Waals surface area contributed by atoms with E-state index < -0.39 is 6.03 Å². The average Bonchev–Trinajstić information content (AvgIpc) is 2.85. The number of hydrogen-bond acceptors (Lipinski definition) is 3. The molecule has 0 saturated carbocycles. The van der Waals surface area contributed by atoms with Crippen molar-refractivity contribution in [1.29, 1.82) is 0 Å². The van der Waals surface area contributed by atoms with Gasteiger partial charge in [-0.15, -0.1) is 0 Å². The van der Waals surface area contributed by atoms with Crippen LogP contribution in [-0.2, 0) is 9.59 Å². The van der Waals surface area contributed by atoms with Gasteiger partial charge in [0.15, 0.2) is 0 Å². The zero-order chi connectivity index (χ0) is 16.8. The molecule has 2 rings (SSSR count). The van der Waals surface area contributed by atoms with E-state index in [1.807, 2.05) is 0 Å². The van der Waals surface area contributed by atoms with Gasteiger partial charge in [-0.2, -0.15) is 0 Å². The lowest BCUT2D eigenvalue weighted by Crippen LogP contribution is -2.45. The number of halogens is 1. The summed E-state index contributed by atoms with van der Waals surface area (Å²) >= 11 is 0. The third-order valence-corrected chi connectivity index (χ3v) is 3.38. The summed E-state index contributed by atoms with van der Waals surface area (Å²) in [5.41, 5.74) is 0.603. The number of urea groups is 1. The Labute approximate surface area is 133 Å². The lowest BCUT2D eigenvalue weighted by Gasteiger charge is -2.17. The summed E-state index contributed by atoms with van der Waals surface area (Å²) < 4.78 is 12.9. The number of carbonyl (C=O) groups is 3. The summed E-state index contributed by atoms with van der Waals surface area (Å²) in [6.45, 7) is 2.37. The van der Waals surface area contributed by atoms with Crippen molar-refractivity contribution in [2.24, 2.45) is 0 Å². The van der Waals surface area contributed by atoms with Gasteiger partial charge in [0.2, 0.25) is 11.8 Å². The van der Waals surface area contributed by atoms with Gasteiger partial charge < -0.3 is 20.9 Å². The van der Waals surface area contributed by atoms with Crippen molar-refractivity contribution in [2.75, 3.05) is 24.5 Å². The molecule has 1 aromatic carbocycles. The molecule has 1 heterocycles. The molecule has 1 aromatic rings. The summed E-state index contributed by atoms with van der Waals surface area (Å²) in [5.74, 6) is -0.655. The Kier molecular flexibility index (Phi) is 5.51. The zero-order valence-electron chi connectivity index (χ0n) is 12.8. The van der Waals surface area contributed by atoms with Gasteiger partial charge in [-0.3, -0.25) is 9.59 Å². The number of anilines is 1. The van der Waals surface area contributed by atoms with Crippen molar-refractivity contribution in [3.05, 3.63) is 30.1 Å². The van der Waals surface area contributed by atoms with Gasteiger partial charge in [-0.05, 0) is 24.3 Å². The minimum Gasteiger partial charge on any atom is -0.355 e. The van der Waals surface area contributed by atoms with E-state index in [1.54, 1.807) is 0 Å². The van der Waals surface area contributed by atoms with Crippen LogP contribution in [0.5, 0.6) is 0 Å². The predicted octanol–water partition coefficient (Wildman–Crippen LogP) is 0.366. The molecule has 1 unspecified atom stereocenters. The highest BCUT2D eigenvalue weighted by Crippen LogP contribution is 2.21. The molecule has 1 aliphatic heterocycles. The summed E-state index contributed by atoms with van der Waals surface area (Å²) in [5, 5.41) is 7.87. The predicted molar refractivity (Wildman–Crippen MR) is 82.4 cm³/mol. The molecule has 0 radical (unpaired) electrons. The van der Waals surface area contributed by atoms with Crippen molar-refractivity contribution in [1.82, 2.24) is 16.0 Å². The van der Waals surface area contributed by atoms with Gasteiger partial charge >= 0.3 is 6.03 Å². The monoisotopic (exact) mass is 322 g/mol. The molecule has 7 nitrogen and oxygen atoms in total. The molecular weight excluding hydrogens is 303 g/mol. The summed E-state index contributed by atoms with van der Waals surface area (Å²) in [7, 11) is 0. The first-order valence-electron chi connectivity index (χ1n) is 7.30. The van der Waals surface area contributed by atoms with Gasteiger partial charge in [0, 0.05) is 38.7 Å². The van der Waals surface area contributed by atoms with Gasteiger partial charge in [-0.25, -0.2) is 9.18 Å². The second-order valence-corrected chi connectivity index (χ2v) is 5.27. The molecule has 0 bridgehead atoms. The standard InChI is InChI=1S/C15H19FN4O3/c1-10(21)17-6-7-18-15(23)19-12-8-14(22)20(9-12)13-4-2-11(16)3-5-13/h2-5,12H,6-9H2,1H3,(H,17,21)(H2,18,19,23). The smallest absolute Gasteiger partial charge is 0.315 e. The third-order valence-electron chi connectivity index (χ3n) is 3.38. The highest BCUT2D eigenvalue weighted by molar-refractivity contribution is 5.96. The molecule has 1 saturated heterocycles. The second-order valence-electron chi connectivity index (χ2n) is 5.27. The molecule has 4 amide bonds. The van der Waals surface area contributed by atoms with E-state index in [4.69, 9.17) is 0 Å². The van der Waals surface area contributed by atoms with Crippen LogP contribution in [0.3, 0.4) is 0 Å². The normalized spacial score (nSPS) is 17.0. The SMILES string of the molecule is CC(=O)NCCNC(=O)NC1CC(=O)N(c2ccc(F)cc2)C1. The minimum atomic E-state index is -0.394. The molecular formula is C15H19FN4O3. The number of benzene rings is 1. The Morgan fingerprint density at radius 2 is 1.87 bits per heavy atom. The Morgan fingerprint density at radius 1 is 1.22 bits per heavy atom. The van der Waals surface area contributed by atoms with Crippen LogP contribution in [-0.4, -0.2) is 43.5 Å². The van der Waals surface area contributed by atoms with Crippen LogP contribution < -0.4 is 20.9 Å². The molecule has 1 fully saturated rings. The van der Waals surface area contributed by atoms with Crippen LogP contribution in [0.25, 0.3) is 0 Å². The number of rotatable bonds is 5. The van der Waals surface area contributed by atoms with Crippen LogP contribution in [0.1, 0.15) is 13.3 Å². The van der Waals surface area contributed by atoms with Crippen molar-refractivity contribution < 1.29 is 18.8 Å². The fourth-order valence-corrected chi connectivity index (χ4v) is 2.33. The van der Waals surface area contributed by atoms with E-state index in [9.17, 15) is 18.8 Å². The maximum absolute atomic E-state index is 12.9. The first-order chi connectivity index (χ1) is 11.0. The number of amides is 4. The van der Waals surface area contributed by atoms with Crippen molar-refractivity contribution in [2.45, 2.75) is 19.4 Å². The van der Waals surface area contributed by atoms with Crippen LogP contribution in [0.15, 0.2) is 24.3 Å². The minimum absolute atomic E-state index is 0.125. The number of nitrogens with one attached hydrogen (secondary N) is 3.